The van der Waals surface area contributed by atoms with Gasteiger partial charge in [0.2, 0.25) is 5.28 Å². The number of rotatable bonds is 3. The van der Waals surface area contributed by atoms with E-state index in [2.05, 4.69) is 37.9 Å². The van der Waals surface area contributed by atoms with Gasteiger partial charge in [0.15, 0.2) is 0 Å². The lowest BCUT2D eigenvalue weighted by Crippen LogP contribution is -2.27. The number of halogens is 2. The van der Waals surface area contributed by atoms with E-state index in [1.807, 2.05) is 0 Å². The van der Waals surface area contributed by atoms with Crippen LogP contribution in [-0.4, -0.2) is 27.7 Å². The van der Waals surface area contributed by atoms with Gasteiger partial charge in [-0.25, -0.2) is 4.98 Å². The molecule has 0 aliphatic heterocycles. The Hall–Kier alpha value is -0.140. The molecule has 2 rings (SSSR count). The molecule has 6 heteroatoms. The van der Waals surface area contributed by atoms with Gasteiger partial charge >= 0.3 is 0 Å². The van der Waals surface area contributed by atoms with Crippen LogP contribution in [-0.2, 0) is 0 Å². The fourth-order valence-electron chi connectivity index (χ4n) is 2.07. The van der Waals surface area contributed by atoms with Crippen LogP contribution in [0.4, 0.5) is 5.82 Å². The van der Waals surface area contributed by atoms with E-state index in [0.29, 0.717) is 12.0 Å². The molecule has 4 nitrogen and oxygen atoms in total. The van der Waals surface area contributed by atoms with Crippen LogP contribution < -0.4 is 5.32 Å². The summed E-state index contributed by atoms with van der Waals surface area (Å²) in [5.41, 5.74) is 0. The fourth-order valence-corrected chi connectivity index (χ4v) is 2.62. The van der Waals surface area contributed by atoms with Gasteiger partial charge in [0.1, 0.15) is 5.82 Å². The van der Waals surface area contributed by atoms with Gasteiger partial charge in [-0.15, -0.1) is 0 Å². The van der Waals surface area contributed by atoms with E-state index in [-0.39, 0.29) is 11.9 Å². The average Bonchev–Trinajstić information content (AvgIpc) is 2.71. The molecule has 1 aliphatic carbocycles. The highest BCUT2D eigenvalue weighted by molar-refractivity contribution is 14.1. The second-order valence-electron chi connectivity index (χ2n) is 3.96. The Labute approximate surface area is 113 Å². The second-order valence-corrected chi connectivity index (χ2v) is 5.46. The van der Waals surface area contributed by atoms with E-state index < -0.39 is 0 Å². The molecular formula is C10H13ClIN3O. The van der Waals surface area contributed by atoms with E-state index in [4.69, 9.17) is 11.6 Å². The molecule has 1 aromatic rings. The predicted octanol–water partition coefficient (Wildman–Crippen LogP) is 2.31. The molecular weight excluding hydrogens is 340 g/mol. The average molecular weight is 354 g/mol. The molecule has 88 valence electrons. The molecule has 2 unspecified atom stereocenters. The largest absolute Gasteiger partial charge is 0.396 e. The van der Waals surface area contributed by atoms with Crippen molar-refractivity contribution in [3.8, 4) is 0 Å². The van der Waals surface area contributed by atoms with Gasteiger partial charge in [0.25, 0.3) is 0 Å². The lowest BCUT2D eigenvalue weighted by atomic mass is 10.1. The summed E-state index contributed by atoms with van der Waals surface area (Å²) in [5, 5.41) is 12.8. The first-order valence-electron chi connectivity index (χ1n) is 5.26. The minimum atomic E-state index is 0.229. The van der Waals surface area contributed by atoms with Gasteiger partial charge in [0, 0.05) is 24.8 Å². The maximum absolute atomic E-state index is 9.24. The Morgan fingerprint density at radius 1 is 1.56 bits per heavy atom. The highest BCUT2D eigenvalue weighted by Crippen LogP contribution is 2.29. The Kier molecular flexibility index (Phi) is 4.21. The van der Waals surface area contributed by atoms with E-state index in [0.717, 1.165) is 28.7 Å². The number of nitrogens with one attached hydrogen (secondary N) is 1. The number of aliphatic hydroxyl groups excluding tert-OH is 1. The summed E-state index contributed by atoms with van der Waals surface area (Å²) in [5.74, 6) is 1.09. The molecule has 1 heterocycles. The van der Waals surface area contributed by atoms with Gasteiger partial charge in [-0.3, -0.25) is 0 Å². The van der Waals surface area contributed by atoms with Crippen molar-refractivity contribution in [1.29, 1.82) is 0 Å². The zero-order valence-corrected chi connectivity index (χ0v) is 11.6. The molecule has 0 bridgehead atoms. The molecule has 1 saturated carbocycles. The Balaban J connectivity index is 2.11. The monoisotopic (exact) mass is 353 g/mol. The number of anilines is 1. The first-order valence-corrected chi connectivity index (χ1v) is 6.72. The third-order valence-corrected chi connectivity index (χ3v) is 3.90. The van der Waals surface area contributed by atoms with Crippen LogP contribution in [0, 0.1) is 9.49 Å². The van der Waals surface area contributed by atoms with Crippen molar-refractivity contribution < 1.29 is 5.11 Å². The molecule has 0 saturated heterocycles. The van der Waals surface area contributed by atoms with Crippen molar-refractivity contribution >= 4 is 40.0 Å². The summed E-state index contributed by atoms with van der Waals surface area (Å²) in [7, 11) is 0. The number of aromatic nitrogens is 2. The maximum atomic E-state index is 9.24. The molecule has 1 aliphatic rings. The highest BCUT2D eigenvalue weighted by Gasteiger charge is 2.27. The van der Waals surface area contributed by atoms with Crippen LogP contribution in [0.2, 0.25) is 5.28 Å². The normalized spacial score (nSPS) is 24.7. The second kappa shape index (κ2) is 5.46. The van der Waals surface area contributed by atoms with Crippen LogP contribution >= 0.6 is 34.2 Å². The number of aliphatic hydroxyl groups is 1. The third kappa shape index (κ3) is 2.75. The zero-order chi connectivity index (χ0) is 11.5. The minimum absolute atomic E-state index is 0.229. The van der Waals surface area contributed by atoms with Crippen molar-refractivity contribution in [2.45, 2.75) is 25.3 Å². The van der Waals surface area contributed by atoms with Gasteiger partial charge in [0.05, 0.1) is 3.57 Å². The molecule has 16 heavy (non-hydrogen) atoms. The quantitative estimate of drug-likeness (QED) is 0.647. The molecule has 1 aromatic heterocycles. The van der Waals surface area contributed by atoms with Crippen molar-refractivity contribution in [1.82, 2.24) is 9.97 Å². The van der Waals surface area contributed by atoms with Crippen molar-refractivity contribution in [2.24, 2.45) is 5.92 Å². The zero-order valence-electron chi connectivity index (χ0n) is 8.66. The van der Waals surface area contributed by atoms with E-state index in [1.165, 1.54) is 0 Å². The van der Waals surface area contributed by atoms with Gasteiger partial charge in [-0.2, -0.15) is 4.98 Å². The number of hydrogen-bond acceptors (Lipinski definition) is 4. The van der Waals surface area contributed by atoms with Crippen LogP contribution in [0.3, 0.4) is 0 Å². The summed E-state index contributed by atoms with van der Waals surface area (Å²) in [4.78, 5) is 8.07. The highest BCUT2D eigenvalue weighted by atomic mass is 127. The van der Waals surface area contributed by atoms with Gasteiger partial charge in [-0.05, 0) is 47.0 Å². The molecule has 0 radical (unpaired) electrons. The van der Waals surface area contributed by atoms with Crippen molar-refractivity contribution in [3.05, 3.63) is 15.1 Å². The minimum Gasteiger partial charge on any atom is -0.396 e. The Morgan fingerprint density at radius 2 is 2.38 bits per heavy atom. The van der Waals surface area contributed by atoms with Crippen LogP contribution in [0.15, 0.2) is 6.20 Å². The molecule has 0 spiro atoms. The predicted molar refractivity (Wildman–Crippen MR) is 71.6 cm³/mol. The number of nitrogens with zero attached hydrogens (tertiary/aromatic N) is 2. The lowest BCUT2D eigenvalue weighted by molar-refractivity contribution is 0.222. The Bertz CT molecular complexity index is 377. The van der Waals surface area contributed by atoms with Crippen LogP contribution in [0.1, 0.15) is 19.3 Å². The van der Waals surface area contributed by atoms with Gasteiger partial charge in [-0.1, -0.05) is 6.42 Å². The molecule has 0 aromatic carbocycles. The Morgan fingerprint density at radius 3 is 3.12 bits per heavy atom. The summed E-state index contributed by atoms with van der Waals surface area (Å²) < 4.78 is 0.950. The lowest BCUT2D eigenvalue weighted by Gasteiger charge is -2.20. The summed E-state index contributed by atoms with van der Waals surface area (Å²) >= 11 is 7.93. The molecule has 0 amide bonds. The van der Waals surface area contributed by atoms with E-state index in [9.17, 15) is 5.11 Å². The number of hydrogen-bond donors (Lipinski definition) is 2. The first-order chi connectivity index (χ1) is 7.70. The summed E-state index contributed by atoms with van der Waals surface area (Å²) in [6.45, 7) is 0.229. The van der Waals surface area contributed by atoms with E-state index >= 15 is 0 Å². The molecule has 2 atom stereocenters. The SMILES string of the molecule is OCC1CCCC1Nc1nc(Cl)ncc1I. The smallest absolute Gasteiger partial charge is 0.224 e. The van der Waals surface area contributed by atoms with E-state index in [1.54, 1.807) is 6.20 Å². The third-order valence-electron chi connectivity index (χ3n) is 2.93. The fraction of sp³-hybridized carbons (Fsp3) is 0.600. The van der Waals surface area contributed by atoms with Crippen molar-refractivity contribution in [2.75, 3.05) is 11.9 Å². The van der Waals surface area contributed by atoms with Crippen molar-refractivity contribution in [3.63, 3.8) is 0 Å². The molecule has 1 fully saturated rings. The first kappa shape index (κ1) is 12.3. The van der Waals surface area contributed by atoms with Crippen LogP contribution in [0.25, 0.3) is 0 Å². The summed E-state index contributed by atoms with van der Waals surface area (Å²) in [6.07, 6.45) is 4.99. The molecule has 2 N–H and O–H groups in total. The summed E-state index contributed by atoms with van der Waals surface area (Å²) in [6, 6.07) is 0.296. The standard InChI is InChI=1S/C10H13ClIN3O/c11-10-13-4-7(12)9(15-10)14-8-3-1-2-6(8)5-16/h4,6,8,16H,1-3,5H2,(H,13,14,15). The van der Waals surface area contributed by atoms with Gasteiger partial charge < -0.3 is 10.4 Å². The maximum Gasteiger partial charge on any atom is 0.224 e. The van der Waals surface area contributed by atoms with Crippen LogP contribution in [0.5, 0.6) is 0 Å². The topological polar surface area (TPSA) is 58.0 Å².